The van der Waals surface area contributed by atoms with Crippen molar-refractivity contribution in [3.05, 3.63) is 0 Å². The van der Waals surface area contributed by atoms with Crippen molar-refractivity contribution in [1.29, 1.82) is 0 Å². The number of primary amides is 1. The van der Waals surface area contributed by atoms with Gasteiger partial charge in [0.05, 0.1) is 5.54 Å². The summed E-state index contributed by atoms with van der Waals surface area (Å²) in [5, 5.41) is 3.24. The molecule has 3 atom stereocenters. The third-order valence-corrected chi connectivity index (χ3v) is 4.60. The Hall–Kier alpha value is -0.650. The van der Waals surface area contributed by atoms with Crippen molar-refractivity contribution in [2.75, 3.05) is 40.3 Å². The Balaban J connectivity index is 2.51. The van der Waals surface area contributed by atoms with E-state index < -0.39 is 5.54 Å². The second kappa shape index (κ2) is 7.38. The van der Waals surface area contributed by atoms with Crippen molar-refractivity contribution in [3.8, 4) is 0 Å². The molecule has 1 saturated heterocycles. The van der Waals surface area contributed by atoms with Gasteiger partial charge in [-0.1, -0.05) is 6.92 Å². The number of rotatable bonds is 8. The zero-order valence-corrected chi connectivity index (χ0v) is 13.8. The molecule has 0 bridgehead atoms. The van der Waals surface area contributed by atoms with Crippen LogP contribution >= 0.6 is 0 Å². The third-order valence-electron chi connectivity index (χ3n) is 4.60. The van der Waals surface area contributed by atoms with E-state index in [1.165, 1.54) is 19.5 Å². The predicted molar refractivity (Wildman–Crippen MR) is 83.6 cm³/mol. The lowest BCUT2D eigenvalue weighted by Crippen LogP contribution is -2.56. The van der Waals surface area contributed by atoms with E-state index in [1.807, 2.05) is 13.8 Å². The second-order valence-electron chi connectivity index (χ2n) is 6.64. The van der Waals surface area contributed by atoms with Crippen molar-refractivity contribution < 1.29 is 4.79 Å². The minimum atomic E-state index is -0.616. The Labute approximate surface area is 123 Å². The molecule has 0 saturated carbocycles. The van der Waals surface area contributed by atoms with Crippen molar-refractivity contribution in [3.63, 3.8) is 0 Å². The van der Waals surface area contributed by atoms with Crippen molar-refractivity contribution >= 4 is 5.91 Å². The van der Waals surface area contributed by atoms with Crippen LogP contribution in [0.3, 0.4) is 0 Å². The molecule has 3 N–H and O–H groups in total. The van der Waals surface area contributed by atoms with E-state index in [0.29, 0.717) is 6.04 Å². The first-order valence-electron chi connectivity index (χ1n) is 7.72. The first kappa shape index (κ1) is 17.4. The average Bonchev–Trinajstić information content (AvgIpc) is 2.74. The number of likely N-dealkylation sites (tertiary alicyclic amines) is 1. The summed E-state index contributed by atoms with van der Waals surface area (Å²) < 4.78 is 0. The Morgan fingerprint density at radius 1 is 1.60 bits per heavy atom. The molecule has 1 fully saturated rings. The van der Waals surface area contributed by atoms with Crippen LogP contribution in [0.1, 0.15) is 33.6 Å². The molecule has 0 aromatic rings. The van der Waals surface area contributed by atoms with E-state index in [1.54, 1.807) is 0 Å². The van der Waals surface area contributed by atoms with E-state index >= 15 is 0 Å². The fraction of sp³-hybridized carbons (Fsp3) is 0.933. The second-order valence-corrected chi connectivity index (χ2v) is 6.64. The van der Waals surface area contributed by atoms with Crippen LogP contribution in [0.25, 0.3) is 0 Å². The molecule has 5 heteroatoms. The molecule has 0 aliphatic carbocycles. The van der Waals surface area contributed by atoms with Crippen molar-refractivity contribution in [1.82, 2.24) is 15.1 Å². The molecule has 5 nitrogen and oxygen atoms in total. The molecule has 0 aromatic heterocycles. The number of nitrogens with zero attached hydrogens (tertiary/aromatic N) is 2. The Bertz CT molecular complexity index is 323. The van der Waals surface area contributed by atoms with Gasteiger partial charge in [-0.15, -0.1) is 0 Å². The molecule has 1 amide bonds. The van der Waals surface area contributed by atoms with Gasteiger partial charge in [0.25, 0.3) is 0 Å². The summed E-state index contributed by atoms with van der Waals surface area (Å²) in [4.78, 5) is 16.4. The molecule has 1 aliphatic rings. The third kappa shape index (κ3) is 4.72. The van der Waals surface area contributed by atoms with Crippen LogP contribution in [0, 0.1) is 5.92 Å². The summed E-state index contributed by atoms with van der Waals surface area (Å²) in [7, 11) is 4.33. The van der Waals surface area contributed by atoms with Gasteiger partial charge >= 0.3 is 0 Å². The molecule has 0 radical (unpaired) electrons. The van der Waals surface area contributed by atoms with Gasteiger partial charge in [0, 0.05) is 19.1 Å². The molecular weight excluding hydrogens is 252 g/mol. The van der Waals surface area contributed by atoms with Gasteiger partial charge in [-0.2, -0.15) is 0 Å². The van der Waals surface area contributed by atoms with Crippen LogP contribution in [0.5, 0.6) is 0 Å². The lowest BCUT2D eigenvalue weighted by Gasteiger charge is -2.35. The summed E-state index contributed by atoms with van der Waals surface area (Å²) >= 11 is 0. The summed E-state index contributed by atoms with van der Waals surface area (Å²) in [6, 6.07) is 0.331. The SMILES string of the molecule is CCNC(C)(CC(C)N(C)CC1CCN(C)C1)C(N)=O. The fourth-order valence-corrected chi connectivity index (χ4v) is 3.16. The van der Waals surface area contributed by atoms with Gasteiger partial charge in [-0.25, -0.2) is 0 Å². The van der Waals surface area contributed by atoms with Crippen LogP contribution in [0.4, 0.5) is 0 Å². The van der Waals surface area contributed by atoms with Gasteiger partial charge in [0.15, 0.2) is 0 Å². The maximum atomic E-state index is 11.7. The van der Waals surface area contributed by atoms with Crippen LogP contribution in [0.15, 0.2) is 0 Å². The van der Waals surface area contributed by atoms with Crippen LogP contribution < -0.4 is 11.1 Å². The van der Waals surface area contributed by atoms with E-state index in [9.17, 15) is 4.79 Å². The molecule has 0 aromatic carbocycles. The van der Waals surface area contributed by atoms with Crippen molar-refractivity contribution in [2.24, 2.45) is 11.7 Å². The van der Waals surface area contributed by atoms with E-state index in [2.05, 4.69) is 36.1 Å². The summed E-state index contributed by atoms with van der Waals surface area (Å²) in [5.41, 5.74) is 4.94. The van der Waals surface area contributed by atoms with E-state index in [4.69, 9.17) is 5.73 Å². The molecule has 1 rings (SSSR count). The van der Waals surface area contributed by atoms with Crippen LogP contribution in [-0.2, 0) is 4.79 Å². The maximum Gasteiger partial charge on any atom is 0.237 e. The number of carbonyl (C=O) groups is 1. The number of nitrogens with one attached hydrogen (secondary N) is 1. The molecule has 20 heavy (non-hydrogen) atoms. The molecule has 1 aliphatic heterocycles. The maximum absolute atomic E-state index is 11.7. The highest BCUT2D eigenvalue weighted by Crippen LogP contribution is 2.20. The van der Waals surface area contributed by atoms with Gasteiger partial charge in [0.1, 0.15) is 0 Å². The Morgan fingerprint density at radius 2 is 2.25 bits per heavy atom. The molecule has 0 spiro atoms. The summed E-state index contributed by atoms with van der Waals surface area (Å²) in [6.45, 7) is 10.3. The monoisotopic (exact) mass is 284 g/mol. The Kier molecular flexibility index (Phi) is 6.43. The van der Waals surface area contributed by atoms with Crippen LogP contribution in [0.2, 0.25) is 0 Å². The molecule has 1 heterocycles. The largest absolute Gasteiger partial charge is 0.368 e. The van der Waals surface area contributed by atoms with E-state index in [-0.39, 0.29) is 5.91 Å². The topological polar surface area (TPSA) is 61.6 Å². The van der Waals surface area contributed by atoms with Gasteiger partial charge < -0.3 is 20.9 Å². The zero-order valence-electron chi connectivity index (χ0n) is 13.8. The predicted octanol–water partition coefficient (Wildman–Crippen LogP) is 0.502. The Morgan fingerprint density at radius 3 is 2.70 bits per heavy atom. The lowest BCUT2D eigenvalue weighted by atomic mass is 9.91. The van der Waals surface area contributed by atoms with Gasteiger partial charge in [-0.05, 0) is 59.8 Å². The number of hydrogen-bond acceptors (Lipinski definition) is 4. The van der Waals surface area contributed by atoms with Crippen LogP contribution in [-0.4, -0.2) is 67.6 Å². The highest BCUT2D eigenvalue weighted by atomic mass is 16.1. The highest BCUT2D eigenvalue weighted by Gasteiger charge is 2.33. The number of carbonyl (C=O) groups excluding carboxylic acids is 1. The number of nitrogens with two attached hydrogens (primary N) is 1. The normalized spacial score (nSPS) is 24.8. The first-order chi connectivity index (χ1) is 9.28. The molecule has 3 unspecified atom stereocenters. The highest BCUT2D eigenvalue weighted by molar-refractivity contribution is 5.84. The number of likely N-dealkylation sites (N-methyl/N-ethyl adjacent to an activating group) is 1. The average molecular weight is 284 g/mol. The summed E-state index contributed by atoms with van der Waals surface area (Å²) in [5.74, 6) is 0.478. The quantitative estimate of drug-likeness (QED) is 0.681. The lowest BCUT2D eigenvalue weighted by molar-refractivity contribution is -0.124. The minimum Gasteiger partial charge on any atom is -0.368 e. The van der Waals surface area contributed by atoms with Gasteiger partial charge in [0.2, 0.25) is 5.91 Å². The van der Waals surface area contributed by atoms with Gasteiger partial charge in [-0.3, -0.25) is 4.79 Å². The fourth-order valence-electron chi connectivity index (χ4n) is 3.16. The zero-order chi connectivity index (χ0) is 15.3. The molecular formula is C15H32N4O. The number of hydrogen-bond donors (Lipinski definition) is 2. The van der Waals surface area contributed by atoms with E-state index in [0.717, 1.165) is 25.4 Å². The molecule has 118 valence electrons. The smallest absolute Gasteiger partial charge is 0.237 e. The first-order valence-corrected chi connectivity index (χ1v) is 7.72. The summed E-state index contributed by atoms with van der Waals surface area (Å²) in [6.07, 6.45) is 2.02. The standard InChI is InChI=1S/C15H32N4O/c1-6-17-15(3,14(16)20)9-12(2)19(5)11-13-7-8-18(4)10-13/h12-13,17H,6-11H2,1-5H3,(H2,16,20). The van der Waals surface area contributed by atoms with Crippen molar-refractivity contribution in [2.45, 2.75) is 45.2 Å². The number of amides is 1. The minimum absolute atomic E-state index is 0.264.